The minimum Gasteiger partial charge on any atom is -0.370 e. The lowest BCUT2D eigenvalue weighted by molar-refractivity contribution is 0.889. The summed E-state index contributed by atoms with van der Waals surface area (Å²) >= 11 is 0. The molecule has 0 saturated carbocycles. The summed E-state index contributed by atoms with van der Waals surface area (Å²) in [6.45, 7) is 2.11. The summed E-state index contributed by atoms with van der Waals surface area (Å²) < 4.78 is 0. The van der Waals surface area contributed by atoms with Gasteiger partial charge in [0, 0.05) is 0 Å². The van der Waals surface area contributed by atoms with Gasteiger partial charge in [-0.15, -0.1) is 0 Å². The van der Waals surface area contributed by atoms with Gasteiger partial charge in [-0.25, -0.2) is 10.5 Å². The van der Waals surface area contributed by atoms with Gasteiger partial charge in [0.25, 0.3) is 0 Å². The molecule has 0 aromatic heterocycles. The zero-order chi connectivity index (χ0) is 8.27. The van der Waals surface area contributed by atoms with Crippen LogP contribution in [0.2, 0.25) is 0 Å². The van der Waals surface area contributed by atoms with Crippen molar-refractivity contribution in [2.45, 2.75) is 6.92 Å². The van der Waals surface area contributed by atoms with E-state index in [1.54, 1.807) is 6.92 Å². The zero-order valence-corrected chi connectivity index (χ0v) is 6.18. The summed E-state index contributed by atoms with van der Waals surface area (Å²) in [7, 11) is 0. The van der Waals surface area contributed by atoms with Crippen LogP contribution in [0.4, 0.5) is 0 Å². The van der Waals surface area contributed by atoms with Gasteiger partial charge >= 0.3 is 0 Å². The predicted molar refractivity (Wildman–Crippen MR) is 42.1 cm³/mol. The Hall–Kier alpha value is -1.52. The van der Waals surface area contributed by atoms with Gasteiger partial charge < -0.3 is 10.7 Å². The maximum atomic E-state index is 7.28. The smallest absolute Gasteiger partial charge is 0.110 e. The Balaban J connectivity index is 3.01. The average Bonchev–Trinajstić information content (AvgIpc) is 2.04. The molecule has 1 rings (SSSR count). The number of nitrogens with one attached hydrogen (secondary N) is 3. The summed E-state index contributed by atoms with van der Waals surface area (Å²) in [5, 5.41) is 13.4. The molecule has 5 heteroatoms. The van der Waals surface area contributed by atoms with E-state index in [2.05, 4.69) is 15.4 Å². The summed E-state index contributed by atoms with van der Waals surface area (Å²) in [6.07, 6.45) is 1.52. The molecule has 0 radical (unpaired) electrons. The minimum absolute atomic E-state index is 0.341. The van der Waals surface area contributed by atoms with Crippen LogP contribution in [0, 0.1) is 10.9 Å². The number of nitrogens with zero attached hydrogens (tertiary/aromatic N) is 2. The van der Waals surface area contributed by atoms with E-state index in [4.69, 9.17) is 10.9 Å². The van der Waals surface area contributed by atoms with Crippen molar-refractivity contribution in [3.05, 3.63) is 11.4 Å². The highest BCUT2D eigenvalue weighted by molar-refractivity contribution is 5.97. The molecule has 5 nitrogen and oxygen atoms in total. The summed E-state index contributed by atoms with van der Waals surface area (Å²) in [5.41, 5.74) is 8.13. The molecule has 1 aliphatic heterocycles. The largest absolute Gasteiger partial charge is 0.370 e. The SMILES string of the molecule is CC(=N)C1=C(N=N)CNC=N1. The van der Waals surface area contributed by atoms with Crippen LogP contribution < -0.4 is 5.32 Å². The van der Waals surface area contributed by atoms with Gasteiger partial charge in [0.1, 0.15) is 11.4 Å². The average molecular weight is 151 g/mol. The topological polar surface area (TPSA) is 84.5 Å². The first-order valence-electron chi connectivity index (χ1n) is 3.17. The van der Waals surface area contributed by atoms with E-state index in [9.17, 15) is 0 Å². The van der Waals surface area contributed by atoms with Crippen molar-refractivity contribution in [2.75, 3.05) is 6.54 Å². The van der Waals surface area contributed by atoms with E-state index in [1.807, 2.05) is 0 Å². The number of allylic oxidation sites excluding steroid dienone is 1. The fourth-order valence-corrected chi connectivity index (χ4v) is 0.816. The van der Waals surface area contributed by atoms with Crippen molar-refractivity contribution in [3.8, 4) is 0 Å². The molecule has 0 amide bonds. The predicted octanol–water partition coefficient (Wildman–Crippen LogP) is 0.900. The van der Waals surface area contributed by atoms with Gasteiger partial charge in [0.05, 0.1) is 18.6 Å². The molecular weight excluding hydrogens is 142 g/mol. The standard InChI is InChI=1S/C6H9N5/c1-4(7)6-5(11-8)2-9-3-10-6/h3,7-8H,2H2,1H3,(H,9,10). The lowest BCUT2D eigenvalue weighted by atomic mass is 10.2. The fraction of sp³-hybridized carbons (Fsp3) is 0.333. The first-order valence-corrected chi connectivity index (χ1v) is 3.17. The third kappa shape index (κ3) is 1.49. The van der Waals surface area contributed by atoms with Crippen molar-refractivity contribution in [3.63, 3.8) is 0 Å². The fourth-order valence-electron chi connectivity index (χ4n) is 0.816. The Morgan fingerprint density at radius 1 is 1.82 bits per heavy atom. The third-order valence-electron chi connectivity index (χ3n) is 1.32. The van der Waals surface area contributed by atoms with Crippen LogP contribution >= 0.6 is 0 Å². The second-order valence-electron chi connectivity index (χ2n) is 2.17. The van der Waals surface area contributed by atoms with Crippen LogP contribution in [0.5, 0.6) is 0 Å². The normalized spacial score (nSPS) is 16.1. The molecule has 0 spiro atoms. The van der Waals surface area contributed by atoms with Crippen molar-refractivity contribution < 1.29 is 0 Å². The molecular formula is C6H9N5. The highest BCUT2D eigenvalue weighted by atomic mass is 15.1. The number of hydrogen-bond donors (Lipinski definition) is 3. The Morgan fingerprint density at radius 3 is 3.00 bits per heavy atom. The van der Waals surface area contributed by atoms with Gasteiger partial charge in [-0.3, -0.25) is 0 Å². The molecule has 0 aromatic rings. The van der Waals surface area contributed by atoms with Crippen LogP contribution in [0.3, 0.4) is 0 Å². The van der Waals surface area contributed by atoms with Gasteiger partial charge in [-0.1, -0.05) is 0 Å². The molecule has 0 aliphatic carbocycles. The maximum Gasteiger partial charge on any atom is 0.110 e. The summed E-state index contributed by atoms with van der Waals surface area (Å²) in [4.78, 5) is 3.89. The lowest BCUT2D eigenvalue weighted by Crippen LogP contribution is -2.21. The van der Waals surface area contributed by atoms with Crippen LogP contribution in [0.25, 0.3) is 0 Å². The minimum atomic E-state index is 0.341. The van der Waals surface area contributed by atoms with Gasteiger partial charge in [0.2, 0.25) is 0 Å². The number of rotatable bonds is 2. The first-order chi connectivity index (χ1) is 5.25. The molecule has 3 N–H and O–H groups in total. The second-order valence-corrected chi connectivity index (χ2v) is 2.17. The molecule has 11 heavy (non-hydrogen) atoms. The van der Waals surface area contributed by atoms with E-state index < -0.39 is 0 Å². The molecule has 0 aromatic carbocycles. The first kappa shape index (κ1) is 7.59. The van der Waals surface area contributed by atoms with E-state index in [1.165, 1.54) is 6.34 Å². The monoisotopic (exact) mass is 151 g/mol. The van der Waals surface area contributed by atoms with E-state index in [0.717, 1.165) is 0 Å². The van der Waals surface area contributed by atoms with Crippen LogP contribution in [-0.4, -0.2) is 18.6 Å². The van der Waals surface area contributed by atoms with Gasteiger partial charge in [-0.05, 0) is 6.92 Å². The summed E-state index contributed by atoms with van der Waals surface area (Å²) in [5.74, 6) is 0. The Kier molecular flexibility index (Phi) is 2.10. The highest BCUT2D eigenvalue weighted by Gasteiger charge is 2.09. The Labute approximate surface area is 64.2 Å². The van der Waals surface area contributed by atoms with Crippen LogP contribution in [0.1, 0.15) is 6.92 Å². The van der Waals surface area contributed by atoms with E-state index in [-0.39, 0.29) is 0 Å². The van der Waals surface area contributed by atoms with Crippen molar-refractivity contribution in [2.24, 2.45) is 10.1 Å². The summed E-state index contributed by atoms with van der Waals surface area (Å²) in [6, 6.07) is 0. The highest BCUT2D eigenvalue weighted by Crippen LogP contribution is 2.09. The maximum absolute atomic E-state index is 7.28. The molecule has 1 aliphatic rings. The molecule has 58 valence electrons. The number of hydrogen-bond acceptors (Lipinski definition) is 5. The Bertz CT molecular complexity index is 250. The van der Waals surface area contributed by atoms with Crippen molar-refractivity contribution >= 4 is 12.1 Å². The molecule has 0 unspecified atom stereocenters. The third-order valence-corrected chi connectivity index (χ3v) is 1.32. The molecule has 0 fully saturated rings. The quantitative estimate of drug-likeness (QED) is 0.397. The molecule has 1 heterocycles. The Morgan fingerprint density at radius 2 is 2.55 bits per heavy atom. The van der Waals surface area contributed by atoms with Crippen molar-refractivity contribution in [1.29, 1.82) is 10.9 Å². The van der Waals surface area contributed by atoms with Gasteiger partial charge in [0.15, 0.2) is 0 Å². The molecule has 0 atom stereocenters. The number of aliphatic imine (C=N–C) groups is 1. The van der Waals surface area contributed by atoms with E-state index in [0.29, 0.717) is 23.7 Å². The van der Waals surface area contributed by atoms with Crippen LogP contribution in [0.15, 0.2) is 21.5 Å². The van der Waals surface area contributed by atoms with Crippen molar-refractivity contribution in [1.82, 2.24) is 5.32 Å². The lowest BCUT2D eigenvalue weighted by Gasteiger charge is -2.09. The van der Waals surface area contributed by atoms with Crippen LogP contribution in [-0.2, 0) is 0 Å². The second kappa shape index (κ2) is 3.05. The zero-order valence-electron chi connectivity index (χ0n) is 6.18. The van der Waals surface area contributed by atoms with Gasteiger partial charge in [-0.2, -0.15) is 5.11 Å². The molecule has 0 saturated heterocycles. The van der Waals surface area contributed by atoms with E-state index >= 15 is 0 Å². The molecule has 0 bridgehead atoms.